The lowest BCUT2D eigenvalue weighted by molar-refractivity contribution is 0.0440. The van der Waals surface area contributed by atoms with Gasteiger partial charge in [0.25, 0.3) is 0 Å². The van der Waals surface area contributed by atoms with E-state index in [1.54, 1.807) is 12.4 Å². The van der Waals surface area contributed by atoms with Gasteiger partial charge in [-0.05, 0) is 35.2 Å². The second kappa shape index (κ2) is 6.38. The van der Waals surface area contributed by atoms with Crippen molar-refractivity contribution in [2.24, 2.45) is 0 Å². The second-order valence-corrected chi connectivity index (χ2v) is 5.49. The van der Waals surface area contributed by atoms with Gasteiger partial charge in [0.1, 0.15) is 0 Å². The summed E-state index contributed by atoms with van der Waals surface area (Å²) in [6.45, 7) is 4.91. The van der Waals surface area contributed by atoms with E-state index in [1.807, 2.05) is 0 Å². The first-order valence-electron chi connectivity index (χ1n) is 6.48. The number of hydrogen-bond acceptors (Lipinski definition) is 4. The fourth-order valence-corrected chi connectivity index (χ4v) is 2.94. The van der Waals surface area contributed by atoms with E-state index in [9.17, 15) is 0 Å². The van der Waals surface area contributed by atoms with E-state index >= 15 is 0 Å². The summed E-state index contributed by atoms with van der Waals surface area (Å²) in [5.41, 5.74) is 7.80. The molecule has 18 heavy (non-hydrogen) atoms. The van der Waals surface area contributed by atoms with Crippen LogP contribution >= 0.6 is 15.9 Å². The molecule has 0 amide bonds. The van der Waals surface area contributed by atoms with Crippen molar-refractivity contribution in [3.05, 3.63) is 16.9 Å². The monoisotopic (exact) mass is 313 g/mol. The molecule has 0 aromatic carbocycles. The normalized spacial score (nSPS) is 20.1. The van der Waals surface area contributed by atoms with E-state index in [4.69, 9.17) is 10.5 Å². The Kier molecular flexibility index (Phi) is 4.83. The number of pyridine rings is 1. The summed E-state index contributed by atoms with van der Waals surface area (Å²) in [6, 6.07) is 0. The smallest absolute Gasteiger partial charge is 0.0776 e. The third kappa shape index (κ3) is 3.14. The molecule has 1 aliphatic rings. The minimum Gasteiger partial charge on any atom is -0.396 e. The minimum absolute atomic E-state index is 0.318. The van der Waals surface area contributed by atoms with Gasteiger partial charge >= 0.3 is 0 Å². The van der Waals surface area contributed by atoms with Gasteiger partial charge in [-0.25, -0.2) is 0 Å². The molecular formula is C13H20BrN3O. The molecule has 2 N–H and O–H groups in total. The first-order valence-corrected chi connectivity index (χ1v) is 7.27. The summed E-state index contributed by atoms with van der Waals surface area (Å²) in [5, 5.41) is 0. The Morgan fingerprint density at radius 3 is 3.11 bits per heavy atom. The molecule has 1 aromatic rings. The lowest BCUT2D eigenvalue weighted by Crippen LogP contribution is -2.40. The molecule has 1 fully saturated rings. The van der Waals surface area contributed by atoms with Crippen molar-refractivity contribution in [1.82, 2.24) is 4.98 Å². The van der Waals surface area contributed by atoms with Crippen molar-refractivity contribution in [3.8, 4) is 0 Å². The highest BCUT2D eigenvalue weighted by Crippen LogP contribution is 2.33. The predicted octanol–water partition coefficient (Wildman–Crippen LogP) is 2.82. The summed E-state index contributed by atoms with van der Waals surface area (Å²) in [5.74, 6) is 0. The molecule has 0 radical (unpaired) electrons. The summed E-state index contributed by atoms with van der Waals surface area (Å²) in [4.78, 5) is 6.37. The van der Waals surface area contributed by atoms with Crippen LogP contribution in [0, 0.1) is 0 Å². The molecule has 2 heterocycles. The van der Waals surface area contributed by atoms with Crippen LogP contribution in [0.2, 0.25) is 0 Å². The molecule has 1 aromatic heterocycles. The van der Waals surface area contributed by atoms with Crippen LogP contribution in [0.4, 0.5) is 11.4 Å². The van der Waals surface area contributed by atoms with Crippen LogP contribution in [0.1, 0.15) is 26.2 Å². The molecule has 0 spiro atoms. The number of ether oxygens (including phenoxy) is 1. The van der Waals surface area contributed by atoms with Crippen LogP contribution < -0.4 is 10.6 Å². The Morgan fingerprint density at radius 2 is 2.39 bits per heavy atom. The van der Waals surface area contributed by atoms with E-state index < -0.39 is 0 Å². The Labute approximate surface area is 117 Å². The highest BCUT2D eigenvalue weighted by molar-refractivity contribution is 9.10. The number of hydrogen-bond donors (Lipinski definition) is 1. The van der Waals surface area contributed by atoms with Crippen molar-refractivity contribution in [1.29, 1.82) is 0 Å². The number of anilines is 2. The van der Waals surface area contributed by atoms with Crippen LogP contribution in [0.5, 0.6) is 0 Å². The average Bonchev–Trinajstić information content (AvgIpc) is 2.37. The molecule has 0 bridgehead atoms. The highest BCUT2D eigenvalue weighted by atomic mass is 79.9. The zero-order valence-corrected chi connectivity index (χ0v) is 12.3. The Bertz CT molecular complexity index is 380. The molecule has 2 rings (SSSR count). The van der Waals surface area contributed by atoms with E-state index in [1.165, 1.54) is 0 Å². The summed E-state index contributed by atoms with van der Waals surface area (Å²) < 4.78 is 6.81. The van der Waals surface area contributed by atoms with Crippen molar-refractivity contribution in [2.45, 2.75) is 32.3 Å². The average molecular weight is 314 g/mol. The largest absolute Gasteiger partial charge is 0.396 e. The number of halogens is 1. The van der Waals surface area contributed by atoms with Gasteiger partial charge in [0.15, 0.2) is 0 Å². The molecule has 0 saturated carbocycles. The quantitative estimate of drug-likeness (QED) is 0.928. The molecule has 4 nitrogen and oxygen atoms in total. The minimum atomic E-state index is 0.318. The van der Waals surface area contributed by atoms with Gasteiger partial charge in [0.2, 0.25) is 0 Å². The highest BCUT2D eigenvalue weighted by Gasteiger charge is 2.23. The van der Waals surface area contributed by atoms with Crippen LogP contribution in [-0.2, 0) is 4.74 Å². The Hall–Kier alpha value is -0.810. The standard InChI is InChI=1S/C13H20BrN3O/c1-2-6-18-10-4-3-5-17(9-10)13-11(14)7-16-8-12(13)15/h7-8,10H,2-6,9,15H2,1H3. The SMILES string of the molecule is CCCOC1CCCN(c2c(N)cncc2Br)C1. The van der Waals surface area contributed by atoms with E-state index in [-0.39, 0.29) is 0 Å². The fourth-order valence-electron chi connectivity index (χ4n) is 2.34. The van der Waals surface area contributed by atoms with Gasteiger partial charge in [-0.15, -0.1) is 0 Å². The third-order valence-corrected chi connectivity index (χ3v) is 3.73. The van der Waals surface area contributed by atoms with Gasteiger partial charge in [-0.3, -0.25) is 4.98 Å². The first kappa shape index (κ1) is 13.6. The third-order valence-electron chi connectivity index (χ3n) is 3.15. The fraction of sp³-hybridized carbons (Fsp3) is 0.615. The molecule has 1 atom stereocenters. The molecule has 5 heteroatoms. The van der Waals surface area contributed by atoms with Crippen LogP contribution in [0.3, 0.4) is 0 Å². The summed E-state index contributed by atoms with van der Waals surface area (Å²) >= 11 is 3.53. The Balaban J connectivity index is 2.08. The summed E-state index contributed by atoms with van der Waals surface area (Å²) in [7, 11) is 0. The van der Waals surface area contributed by atoms with E-state index in [0.29, 0.717) is 6.10 Å². The lowest BCUT2D eigenvalue weighted by Gasteiger charge is -2.35. The molecular weight excluding hydrogens is 294 g/mol. The number of nitrogen functional groups attached to an aromatic ring is 1. The van der Waals surface area contributed by atoms with Crippen molar-refractivity contribution >= 4 is 27.3 Å². The van der Waals surface area contributed by atoms with Crippen molar-refractivity contribution < 1.29 is 4.74 Å². The first-order chi connectivity index (χ1) is 8.72. The maximum absolute atomic E-state index is 6.02. The van der Waals surface area contributed by atoms with Crippen molar-refractivity contribution in [2.75, 3.05) is 30.3 Å². The number of piperidine rings is 1. The van der Waals surface area contributed by atoms with Gasteiger partial charge in [0.05, 0.1) is 28.1 Å². The maximum Gasteiger partial charge on any atom is 0.0776 e. The lowest BCUT2D eigenvalue weighted by atomic mass is 10.1. The molecule has 1 saturated heterocycles. The zero-order valence-electron chi connectivity index (χ0n) is 10.7. The summed E-state index contributed by atoms with van der Waals surface area (Å²) in [6.07, 6.45) is 7.16. The van der Waals surface area contributed by atoms with E-state index in [0.717, 1.165) is 54.8 Å². The molecule has 100 valence electrons. The topological polar surface area (TPSA) is 51.4 Å². The zero-order chi connectivity index (χ0) is 13.0. The number of rotatable bonds is 4. The van der Waals surface area contributed by atoms with E-state index in [2.05, 4.69) is 32.7 Å². The number of nitrogens with two attached hydrogens (primary N) is 1. The van der Waals surface area contributed by atoms with Gasteiger partial charge in [-0.1, -0.05) is 6.92 Å². The Morgan fingerprint density at radius 1 is 1.56 bits per heavy atom. The molecule has 1 unspecified atom stereocenters. The molecule has 0 aliphatic carbocycles. The predicted molar refractivity (Wildman–Crippen MR) is 77.8 cm³/mol. The number of nitrogens with zero attached hydrogens (tertiary/aromatic N) is 2. The van der Waals surface area contributed by atoms with Crippen molar-refractivity contribution in [3.63, 3.8) is 0 Å². The molecule has 1 aliphatic heterocycles. The van der Waals surface area contributed by atoms with Crippen LogP contribution in [0.25, 0.3) is 0 Å². The van der Waals surface area contributed by atoms with Crippen LogP contribution in [0.15, 0.2) is 16.9 Å². The van der Waals surface area contributed by atoms with Gasteiger partial charge in [-0.2, -0.15) is 0 Å². The maximum atomic E-state index is 6.02. The van der Waals surface area contributed by atoms with Crippen LogP contribution in [-0.4, -0.2) is 30.8 Å². The van der Waals surface area contributed by atoms with Gasteiger partial charge in [0, 0.05) is 25.9 Å². The van der Waals surface area contributed by atoms with Gasteiger partial charge < -0.3 is 15.4 Å². The second-order valence-electron chi connectivity index (χ2n) is 4.64. The number of aromatic nitrogens is 1.